The van der Waals surface area contributed by atoms with Gasteiger partial charge in [-0.15, -0.1) is 0 Å². The highest BCUT2D eigenvalue weighted by Gasteiger charge is 2.34. The van der Waals surface area contributed by atoms with Gasteiger partial charge in [-0.1, -0.05) is 6.92 Å². The third kappa shape index (κ3) is 4.64. The number of hydrogen-bond acceptors (Lipinski definition) is 3. The molecule has 0 bridgehead atoms. The first-order chi connectivity index (χ1) is 7.82. The van der Waals surface area contributed by atoms with Gasteiger partial charge in [0.25, 0.3) is 0 Å². The van der Waals surface area contributed by atoms with Crippen molar-refractivity contribution in [2.45, 2.75) is 58.1 Å². The third-order valence-corrected chi connectivity index (χ3v) is 3.79. The highest BCUT2D eigenvalue weighted by molar-refractivity contribution is 5.75. The van der Waals surface area contributed by atoms with E-state index in [0.717, 1.165) is 25.7 Å². The second kappa shape index (κ2) is 5.83. The Morgan fingerprint density at radius 2 is 2.00 bits per heavy atom. The van der Waals surface area contributed by atoms with Crippen molar-refractivity contribution in [1.29, 1.82) is 0 Å². The molecule has 0 atom stereocenters. The van der Waals surface area contributed by atoms with Gasteiger partial charge in [0.1, 0.15) is 0 Å². The Bertz CT molecular complexity index is 258. The first kappa shape index (κ1) is 14.5. The summed E-state index contributed by atoms with van der Waals surface area (Å²) in [4.78, 5) is 13.0. The van der Waals surface area contributed by atoms with Gasteiger partial charge in [0, 0.05) is 12.6 Å². The standard InChI is InChI=1S/C13H26N2O2/c1-10(2)15(8-12(14)16)9-13(17)6-4-11(3)5-7-13/h10-11,17H,4-9H2,1-3H3,(H2,14,16). The van der Waals surface area contributed by atoms with Gasteiger partial charge in [-0.3, -0.25) is 9.69 Å². The minimum absolute atomic E-state index is 0.228. The van der Waals surface area contributed by atoms with Crippen LogP contribution in [0.15, 0.2) is 0 Å². The van der Waals surface area contributed by atoms with Crippen LogP contribution in [-0.4, -0.2) is 40.6 Å². The van der Waals surface area contributed by atoms with Gasteiger partial charge in [0.05, 0.1) is 12.1 Å². The lowest BCUT2D eigenvalue weighted by Crippen LogP contribution is -2.50. The molecule has 0 heterocycles. The maximum Gasteiger partial charge on any atom is 0.231 e. The van der Waals surface area contributed by atoms with Crippen LogP contribution in [0.3, 0.4) is 0 Å². The average molecular weight is 242 g/mol. The molecule has 0 spiro atoms. The van der Waals surface area contributed by atoms with Gasteiger partial charge in [-0.05, 0) is 45.4 Å². The largest absolute Gasteiger partial charge is 0.389 e. The fourth-order valence-electron chi connectivity index (χ4n) is 2.46. The maximum atomic E-state index is 11.0. The fraction of sp³-hybridized carbons (Fsp3) is 0.923. The number of carbonyl (C=O) groups excluding carboxylic acids is 1. The van der Waals surface area contributed by atoms with Gasteiger partial charge >= 0.3 is 0 Å². The molecule has 0 aromatic rings. The van der Waals surface area contributed by atoms with Crippen molar-refractivity contribution in [1.82, 2.24) is 4.90 Å². The van der Waals surface area contributed by atoms with Crippen LogP contribution in [0.5, 0.6) is 0 Å². The van der Waals surface area contributed by atoms with Gasteiger partial charge in [0.2, 0.25) is 5.91 Å². The van der Waals surface area contributed by atoms with Crippen LogP contribution in [0.1, 0.15) is 46.5 Å². The lowest BCUT2D eigenvalue weighted by atomic mass is 9.79. The average Bonchev–Trinajstić information content (AvgIpc) is 2.21. The topological polar surface area (TPSA) is 66.6 Å². The molecule has 1 amide bonds. The van der Waals surface area contributed by atoms with E-state index < -0.39 is 5.60 Å². The molecule has 1 fully saturated rings. The number of primary amides is 1. The molecule has 1 rings (SSSR count). The number of carbonyl (C=O) groups is 1. The first-order valence-electron chi connectivity index (χ1n) is 6.57. The zero-order valence-electron chi connectivity index (χ0n) is 11.3. The van der Waals surface area contributed by atoms with E-state index >= 15 is 0 Å². The van der Waals surface area contributed by atoms with Crippen LogP contribution < -0.4 is 5.73 Å². The third-order valence-electron chi connectivity index (χ3n) is 3.79. The van der Waals surface area contributed by atoms with E-state index in [-0.39, 0.29) is 18.5 Å². The smallest absolute Gasteiger partial charge is 0.231 e. The Hall–Kier alpha value is -0.610. The van der Waals surface area contributed by atoms with Crippen molar-refractivity contribution in [2.24, 2.45) is 11.7 Å². The summed E-state index contributed by atoms with van der Waals surface area (Å²) in [5.41, 5.74) is 4.61. The number of aliphatic hydroxyl groups is 1. The van der Waals surface area contributed by atoms with Gasteiger partial charge in [-0.25, -0.2) is 0 Å². The quantitative estimate of drug-likeness (QED) is 0.759. The molecule has 0 aliphatic heterocycles. The lowest BCUT2D eigenvalue weighted by molar-refractivity contribution is -0.121. The molecule has 0 aromatic heterocycles. The zero-order valence-corrected chi connectivity index (χ0v) is 11.3. The predicted molar refractivity (Wildman–Crippen MR) is 68.5 cm³/mol. The summed E-state index contributed by atoms with van der Waals surface area (Å²) in [7, 11) is 0. The Labute approximate surface area is 104 Å². The molecule has 0 radical (unpaired) electrons. The molecule has 0 saturated heterocycles. The van der Waals surface area contributed by atoms with E-state index in [4.69, 9.17) is 5.73 Å². The first-order valence-corrected chi connectivity index (χ1v) is 6.57. The van der Waals surface area contributed by atoms with Crippen LogP contribution in [0.4, 0.5) is 0 Å². The van der Waals surface area contributed by atoms with Crippen molar-refractivity contribution >= 4 is 5.91 Å². The molecule has 1 aliphatic rings. The van der Waals surface area contributed by atoms with E-state index in [1.54, 1.807) is 0 Å². The number of nitrogens with zero attached hydrogens (tertiary/aromatic N) is 1. The Morgan fingerprint density at radius 3 is 2.41 bits per heavy atom. The van der Waals surface area contributed by atoms with Gasteiger partial charge in [-0.2, -0.15) is 0 Å². The molecule has 1 saturated carbocycles. The molecule has 100 valence electrons. The molecular formula is C13H26N2O2. The summed E-state index contributed by atoms with van der Waals surface area (Å²) in [6, 6.07) is 0.228. The van der Waals surface area contributed by atoms with Crippen LogP contribution in [0, 0.1) is 5.92 Å². The zero-order chi connectivity index (χ0) is 13.1. The summed E-state index contributed by atoms with van der Waals surface area (Å²) >= 11 is 0. The number of amides is 1. The molecule has 17 heavy (non-hydrogen) atoms. The summed E-state index contributed by atoms with van der Waals surface area (Å²) < 4.78 is 0. The van der Waals surface area contributed by atoms with Crippen molar-refractivity contribution in [3.8, 4) is 0 Å². The minimum Gasteiger partial charge on any atom is -0.389 e. The second-order valence-electron chi connectivity index (χ2n) is 5.87. The molecule has 3 N–H and O–H groups in total. The van der Waals surface area contributed by atoms with Gasteiger partial charge < -0.3 is 10.8 Å². The second-order valence-corrected chi connectivity index (χ2v) is 5.87. The Morgan fingerprint density at radius 1 is 1.47 bits per heavy atom. The number of rotatable bonds is 5. The summed E-state index contributed by atoms with van der Waals surface area (Å²) in [5, 5.41) is 10.5. The fourth-order valence-corrected chi connectivity index (χ4v) is 2.46. The van der Waals surface area contributed by atoms with Crippen molar-refractivity contribution in [3.63, 3.8) is 0 Å². The van der Waals surface area contributed by atoms with Crippen LogP contribution in [0.25, 0.3) is 0 Å². The summed E-state index contributed by atoms with van der Waals surface area (Å²) in [5.74, 6) is 0.380. The monoisotopic (exact) mass is 242 g/mol. The van der Waals surface area contributed by atoms with E-state index in [1.165, 1.54) is 0 Å². The summed E-state index contributed by atoms with van der Waals surface area (Å²) in [6.07, 6.45) is 3.80. The Kier molecular flexibility index (Phi) is 4.95. The number of hydrogen-bond donors (Lipinski definition) is 2. The lowest BCUT2D eigenvalue weighted by Gasteiger charge is -2.39. The molecule has 1 aliphatic carbocycles. The van der Waals surface area contributed by atoms with Crippen LogP contribution in [-0.2, 0) is 4.79 Å². The highest BCUT2D eigenvalue weighted by Crippen LogP contribution is 2.32. The molecular weight excluding hydrogens is 216 g/mol. The van der Waals surface area contributed by atoms with E-state index in [1.807, 2.05) is 18.7 Å². The van der Waals surface area contributed by atoms with Crippen LogP contribution >= 0.6 is 0 Å². The summed E-state index contributed by atoms with van der Waals surface area (Å²) in [6.45, 7) is 7.06. The Balaban J connectivity index is 2.56. The molecule has 0 aromatic carbocycles. The van der Waals surface area contributed by atoms with Crippen LogP contribution in [0.2, 0.25) is 0 Å². The molecule has 4 nitrogen and oxygen atoms in total. The van der Waals surface area contributed by atoms with E-state index in [2.05, 4.69) is 6.92 Å². The molecule has 0 unspecified atom stereocenters. The van der Waals surface area contributed by atoms with E-state index in [0.29, 0.717) is 12.5 Å². The van der Waals surface area contributed by atoms with Gasteiger partial charge in [0.15, 0.2) is 0 Å². The number of nitrogens with two attached hydrogens (primary N) is 1. The van der Waals surface area contributed by atoms with Crippen molar-refractivity contribution in [3.05, 3.63) is 0 Å². The van der Waals surface area contributed by atoms with Crippen molar-refractivity contribution in [2.75, 3.05) is 13.1 Å². The predicted octanol–water partition coefficient (Wildman–Crippen LogP) is 1.12. The minimum atomic E-state index is -0.633. The maximum absolute atomic E-state index is 11.0. The normalized spacial score (nSPS) is 29.9. The van der Waals surface area contributed by atoms with E-state index in [9.17, 15) is 9.90 Å². The SMILES string of the molecule is CC1CCC(O)(CN(CC(N)=O)C(C)C)CC1. The van der Waals surface area contributed by atoms with Crippen molar-refractivity contribution < 1.29 is 9.90 Å². The highest BCUT2D eigenvalue weighted by atomic mass is 16.3. The molecule has 4 heteroatoms.